The second-order valence-electron chi connectivity index (χ2n) is 26.7. The molecule has 0 unspecified atom stereocenters. The highest BCUT2D eigenvalue weighted by molar-refractivity contribution is 6.12. The number of aromatic nitrogens is 4. The molecule has 77 heavy (non-hydrogen) atoms. The Labute approximate surface area is 456 Å². The Morgan fingerprint density at radius 3 is 1.65 bits per heavy atom. The lowest BCUT2D eigenvalue weighted by Gasteiger charge is -2.27. The molecule has 5 heteroatoms. The van der Waals surface area contributed by atoms with Crippen molar-refractivity contribution in [3.63, 3.8) is 0 Å². The van der Waals surface area contributed by atoms with E-state index in [-0.39, 0.29) is 32.8 Å². The second kappa shape index (κ2) is 18.2. The molecule has 0 aliphatic heterocycles. The van der Waals surface area contributed by atoms with Crippen molar-refractivity contribution in [1.82, 2.24) is 19.1 Å². The van der Waals surface area contributed by atoms with Crippen LogP contribution in [0, 0.1) is 0 Å². The lowest BCUT2D eigenvalue weighted by molar-refractivity contribution is 0.477. The monoisotopic (exact) mass is 1010 g/mol. The SMILES string of the molecule is CC(C)(C)c1cc(-c2cc(-c3ccc4c(c3)c3ccccc3n4-c3cc(C(C)(C)C)cc4ccc(C(C)(C)C)cc34)ccn2)cc(-c2cccc3c2nc(-c2ccccc2O)n3-c2cc(C(C)(C)C)cc(C(C)(C)C)c2)c1. The molecule has 0 saturated heterocycles. The normalized spacial score (nSPS) is 12.9. The van der Waals surface area contributed by atoms with E-state index in [1.807, 2.05) is 24.4 Å². The first-order chi connectivity index (χ1) is 36.2. The molecule has 8 aromatic carbocycles. The second-order valence-corrected chi connectivity index (χ2v) is 26.7. The largest absolute Gasteiger partial charge is 0.507 e. The topological polar surface area (TPSA) is 55.9 Å². The van der Waals surface area contributed by atoms with Crippen LogP contribution in [0.2, 0.25) is 0 Å². The molecule has 0 saturated carbocycles. The summed E-state index contributed by atoms with van der Waals surface area (Å²) < 4.78 is 4.75. The van der Waals surface area contributed by atoms with E-state index in [2.05, 4.69) is 253 Å². The third-order valence-electron chi connectivity index (χ3n) is 15.8. The van der Waals surface area contributed by atoms with E-state index in [1.165, 1.54) is 66.1 Å². The number of nitrogens with zero attached hydrogens (tertiary/aromatic N) is 4. The number of fused-ring (bicyclic) bond motifs is 5. The number of para-hydroxylation sites is 3. The highest BCUT2D eigenvalue weighted by Gasteiger charge is 2.27. The van der Waals surface area contributed by atoms with E-state index in [0.29, 0.717) is 11.4 Å². The number of hydrogen-bond acceptors (Lipinski definition) is 3. The van der Waals surface area contributed by atoms with Gasteiger partial charge in [-0.1, -0.05) is 183 Å². The van der Waals surface area contributed by atoms with Crippen molar-refractivity contribution < 1.29 is 5.11 Å². The predicted molar refractivity (Wildman–Crippen MR) is 328 cm³/mol. The van der Waals surface area contributed by atoms with Crippen LogP contribution in [0.1, 0.15) is 132 Å². The van der Waals surface area contributed by atoms with Crippen LogP contribution >= 0.6 is 0 Å². The lowest BCUT2D eigenvalue weighted by Crippen LogP contribution is -2.17. The summed E-state index contributed by atoms with van der Waals surface area (Å²) in [7, 11) is 0. The number of imidazole rings is 1. The van der Waals surface area contributed by atoms with E-state index in [9.17, 15) is 5.11 Å². The molecule has 5 nitrogen and oxygen atoms in total. The van der Waals surface area contributed by atoms with Gasteiger partial charge in [0.05, 0.1) is 39.0 Å². The minimum Gasteiger partial charge on any atom is -0.507 e. The summed E-state index contributed by atoms with van der Waals surface area (Å²) in [6.07, 6.45) is 1.96. The molecule has 11 aromatic rings. The third-order valence-corrected chi connectivity index (χ3v) is 15.8. The Bertz CT molecular complexity index is 4090. The highest BCUT2D eigenvalue weighted by atomic mass is 16.3. The van der Waals surface area contributed by atoms with E-state index >= 15 is 0 Å². The van der Waals surface area contributed by atoms with Crippen molar-refractivity contribution in [2.24, 2.45) is 0 Å². The number of pyridine rings is 1. The number of aromatic hydroxyl groups is 1. The summed E-state index contributed by atoms with van der Waals surface area (Å²) >= 11 is 0. The van der Waals surface area contributed by atoms with E-state index in [4.69, 9.17) is 9.97 Å². The standard InChI is InChI=1S/C72H74N4O/c1-68(2,3)49-29-27-46-34-51(70(7,8)9)43-64(58(46)42-49)76-61-24-18-16-21-56(61)59-37-44(28-30-62(59)76)45-31-32-73-60(38-45)48-33-47(35-50(36-48)69(4,5)6)55-23-20-25-63-66(55)74-67(57-22-17-19-26-65(57)77)75(63)54-40-52(71(10,11)12)39-53(41-54)72(13,14)15/h16-43,77H,1-15H3. The van der Waals surface area contributed by atoms with E-state index in [0.717, 1.165) is 50.2 Å². The van der Waals surface area contributed by atoms with Gasteiger partial charge in [-0.05, 0) is 162 Å². The van der Waals surface area contributed by atoms with Gasteiger partial charge < -0.3 is 9.67 Å². The zero-order valence-electron chi connectivity index (χ0n) is 47.9. The summed E-state index contributed by atoms with van der Waals surface area (Å²) in [4.78, 5) is 10.6. The molecule has 0 fully saturated rings. The molecule has 0 spiro atoms. The van der Waals surface area contributed by atoms with Gasteiger partial charge in [0.25, 0.3) is 0 Å². The number of rotatable bonds is 6. The molecule has 0 radical (unpaired) electrons. The Hall–Kier alpha value is -7.76. The summed E-state index contributed by atoms with van der Waals surface area (Å²) in [5.41, 5.74) is 19.3. The molecule has 0 aliphatic carbocycles. The van der Waals surface area contributed by atoms with Crippen LogP contribution in [-0.4, -0.2) is 24.2 Å². The van der Waals surface area contributed by atoms with Gasteiger partial charge in [-0.3, -0.25) is 9.55 Å². The number of benzene rings is 8. The quantitative estimate of drug-likeness (QED) is 0.181. The predicted octanol–water partition coefficient (Wildman–Crippen LogP) is 19.5. The zero-order chi connectivity index (χ0) is 54.7. The molecule has 0 atom stereocenters. The van der Waals surface area contributed by atoms with Crippen LogP contribution in [0.3, 0.4) is 0 Å². The fourth-order valence-corrected chi connectivity index (χ4v) is 11.0. The fraction of sp³-hybridized carbons (Fsp3) is 0.278. The first-order valence-corrected chi connectivity index (χ1v) is 27.4. The fourth-order valence-electron chi connectivity index (χ4n) is 11.0. The Morgan fingerprint density at radius 2 is 0.961 bits per heavy atom. The minimum atomic E-state index is -0.168. The lowest BCUT2D eigenvalue weighted by atomic mass is 9.80. The van der Waals surface area contributed by atoms with Crippen molar-refractivity contribution in [2.45, 2.75) is 131 Å². The number of phenolic OH excluding ortho intramolecular Hbond substituents is 1. The third kappa shape index (κ3) is 9.42. The summed E-state index contributed by atoms with van der Waals surface area (Å²) in [5.74, 6) is 0.885. The summed E-state index contributed by atoms with van der Waals surface area (Å²) in [5, 5.41) is 16.4. The van der Waals surface area contributed by atoms with E-state index < -0.39 is 0 Å². The van der Waals surface area contributed by atoms with Gasteiger partial charge in [-0.15, -0.1) is 0 Å². The van der Waals surface area contributed by atoms with Gasteiger partial charge in [0.15, 0.2) is 0 Å². The van der Waals surface area contributed by atoms with Crippen molar-refractivity contribution in [2.75, 3.05) is 0 Å². The van der Waals surface area contributed by atoms with Gasteiger partial charge in [0, 0.05) is 39.2 Å². The average Bonchev–Trinajstić information content (AvgIpc) is 4.10. The molecule has 1 N–H and O–H groups in total. The van der Waals surface area contributed by atoms with Crippen molar-refractivity contribution >= 4 is 43.6 Å². The van der Waals surface area contributed by atoms with Gasteiger partial charge in [-0.2, -0.15) is 0 Å². The van der Waals surface area contributed by atoms with Crippen LogP contribution in [0.4, 0.5) is 0 Å². The van der Waals surface area contributed by atoms with Gasteiger partial charge in [-0.25, -0.2) is 4.98 Å². The molecule has 388 valence electrons. The Morgan fingerprint density at radius 1 is 0.377 bits per heavy atom. The molecule has 11 rings (SSSR count). The van der Waals surface area contributed by atoms with Gasteiger partial charge in [0.1, 0.15) is 11.6 Å². The Kier molecular flexibility index (Phi) is 12.1. The van der Waals surface area contributed by atoms with Crippen molar-refractivity contribution in [3.05, 3.63) is 198 Å². The maximum Gasteiger partial charge on any atom is 0.149 e. The molecule has 0 aliphatic rings. The number of hydrogen-bond donors (Lipinski definition) is 1. The maximum absolute atomic E-state index is 11.5. The zero-order valence-corrected chi connectivity index (χ0v) is 47.9. The van der Waals surface area contributed by atoms with E-state index in [1.54, 1.807) is 6.07 Å². The molecular formula is C72H74N4O. The summed E-state index contributed by atoms with van der Waals surface area (Å²) in [6.45, 7) is 34.3. The maximum atomic E-state index is 11.5. The molecule has 3 aromatic heterocycles. The average molecular weight is 1010 g/mol. The molecule has 0 bridgehead atoms. The van der Waals surface area contributed by atoms with Gasteiger partial charge in [0.2, 0.25) is 0 Å². The summed E-state index contributed by atoms with van der Waals surface area (Å²) in [6, 6.07) is 60.0. The van der Waals surface area contributed by atoms with Crippen LogP contribution < -0.4 is 0 Å². The number of phenols is 1. The van der Waals surface area contributed by atoms with Crippen LogP contribution in [-0.2, 0) is 27.1 Å². The minimum absolute atomic E-state index is 0.00968. The van der Waals surface area contributed by atoms with Gasteiger partial charge >= 0.3 is 0 Å². The first-order valence-electron chi connectivity index (χ1n) is 27.4. The highest BCUT2D eigenvalue weighted by Crippen LogP contribution is 2.44. The van der Waals surface area contributed by atoms with Crippen LogP contribution in [0.25, 0.3) is 99.9 Å². The smallest absolute Gasteiger partial charge is 0.149 e. The molecule has 3 heterocycles. The van der Waals surface area contributed by atoms with Crippen LogP contribution in [0.5, 0.6) is 5.75 Å². The van der Waals surface area contributed by atoms with Crippen molar-refractivity contribution in [1.29, 1.82) is 0 Å². The molecular weight excluding hydrogens is 937 g/mol. The molecule has 0 amide bonds. The Balaban J connectivity index is 1.07. The first kappa shape index (κ1) is 51.4. The van der Waals surface area contributed by atoms with Crippen LogP contribution in [0.15, 0.2) is 170 Å². The van der Waals surface area contributed by atoms with Crippen molar-refractivity contribution in [3.8, 4) is 62.0 Å².